The predicted octanol–water partition coefficient (Wildman–Crippen LogP) is 2.11. The number of rotatable bonds is 2. The topological polar surface area (TPSA) is 17.8 Å². The summed E-state index contributed by atoms with van der Waals surface area (Å²) in [5, 5.41) is 5.96. The van der Waals surface area contributed by atoms with Crippen LogP contribution in [0.2, 0.25) is 39.3 Å². The van der Waals surface area contributed by atoms with Crippen LogP contribution in [0.5, 0.6) is 0 Å². The Morgan fingerprint density at radius 3 is 1.92 bits per heavy atom. The van der Waals surface area contributed by atoms with Crippen molar-refractivity contribution in [2.24, 2.45) is 0 Å². The number of nitrogens with zero attached hydrogens (tertiary/aromatic N) is 2. The van der Waals surface area contributed by atoms with Crippen molar-refractivity contribution < 1.29 is 0 Å². The summed E-state index contributed by atoms with van der Waals surface area (Å²) in [7, 11) is -2.50. The lowest BCUT2D eigenvalue weighted by molar-refractivity contribution is 0.952. The number of aromatic nitrogens is 2. The summed E-state index contributed by atoms with van der Waals surface area (Å²) in [6, 6.07) is 2.20. The van der Waals surface area contributed by atoms with E-state index in [0.29, 0.717) is 0 Å². The molecule has 1 heterocycles. The predicted molar refractivity (Wildman–Crippen MR) is 64.0 cm³/mol. The third kappa shape index (κ3) is 2.31. The van der Waals surface area contributed by atoms with E-state index in [1.807, 2.05) is 6.20 Å². The highest BCUT2D eigenvalue weighted by Crippen LogP contribution is 2.07. The minimum atomic E-state index is -1.30. The van der Waals surface area contributed by atoms with Crippen molar-refractivity contribution in [1.82, 2.24) is 9.45 Å². The van der Waals surface area contributed by atoms with Gasteiger partial charge >= 0.3 is 0 Å². The molecule has 0 bridgehead atoms. The van der Waals surface area contributed by atoms with Crippen molar-refractivity contribution in [3.05, 3.63) is 12.3 Å². The lowest BCUT2D eigenvalue weighted by Crippen LogP contribution is -2.51. The maximum atomic E-state index is 4.47. The molecule has 0 saturated heterocycles. The van der Waals surface area contributed by atoms with Crippen LogP contribution in [-0.4, -0.2) is 25.8 Å². The average Bonchev–Trinajstić information content (AvgIpc) is 2.27. The highest BCUT2D eigenvalue weighted by atomic mass is 28.3. The van der Waals surface area contributed by atoms with Gasteiger partial charge in [0, 0.05) is 11.5 Å². The van der Waals surface area contributed by atoms with Gasteiger partial charge in [0.1, 0.15) is 0 Å². The Morgan fingerprint density at radius 2 is 1.62 bits per heavy atom. The largest absolute Gasteiger partial charge is 0.303 e. The highest BCUT2D eigenvalue weighted by molar-refractivity contribution is 6.90. The molecule has 0 N–H and O–H groups in total. The Hall–Kier alpha value is -0.356. The lowest BCUT2D eigenvalue weighted by atomic mass is 10.8. The second kappa shape index (κ2) is 3.10. The number of hydrogen-bond acceptors (Lipinski definition) is 1. The van der Waals surface area contributed by atoms with E-state index in [1.54, 1.807) is 0 Å². The summed E-state index contributed by atoms with van der Waals surface area (Å²) in [4.78, 5) is 0. The molecule has 0 aliphatic carbocycles. The van der Waals surface area contributed by atoms with Crippen LogP contribution in [0.25, 0.3) is 0 Å². The van der Waals surface area contributed by atoms with E-state index in [9.17, 15) is 0 Å². The molecule has 1 aromatic rings. The molecule has 2 nitrogen and oxygen atoms in total. The second-order valence-corrected chi connectivity index (χ2v) is 15.3. The van der Waals surface area contributed by atoms with Crippen LogP contribution in [0.3, 0.4) is 0 Å². The molecule has 74 valence electrons. The van der Waals surface area contributed by atoms with Crippen LogP contribution in [0.1, 0.15) is 0 Å². The van der Waals surface area contributed by atoms with Gasteiger partial charge in [-0.2, -0.15) is 5.10 Å². The molecule has 0 aromatic carbocycles. The maximum absolute atomic E-state index is 4.47. The fourth-order valence-electron chi connectivity index (χ4n) is 1.41. The Morgan fingerprint density at radius 1 is 1.08 bits per heavy atom. The van der Waals surface area contributed by atoms with Gasteiger partial charge in [0.05, 0.1) is 8.07 Å². The van der Waals surface area contributed by atoms with E-state index in [0.717, 1.165) is 0 Å². The molecular formula is C9H20N2Si2. The van der Waals surface area contributed by atoms with E-state index >= 15 is 0 Å². The van der Waals surface area contributed by atoms with E-state index in [1.165, 1.54) is 5.32 Å². The van der Waals surface area contributed by atoms with Gasteiger partial charge in [-0.05, 0) is 25.7 Å². The summed E-state index contributed by atoms with van der Waals surface area (Å²) in [6.07, 6.45) is 1.95. The molecule has 0 unspecified atom stereocenters. The van der Waals surface area contributed by atoms with E-state index in [2.05, 4.69) is 54.8 Å². The van der Waals surface area contributed by atoms with Gasteiger partial charge < -0.3 is 4.35 Å². The highest BCUT2D eigenvalue weighted by Gasteiger charge is 2.27. The Bertz CT molecular complexity index is 263. The normalized spacial score (nSPS) is 13.4. The first-order valence-corrected chi connectivity index (χ1v) is 11.7. The Labute approximate surface area is 83.1 Å². The van der Waals surface area contributed by atoms with Crippen LogP contribution < -0.4 is 5.32 Å². The van der Waals surface area contributed by atoms with Gasteiger partial charge in [0.15, 0.2) is 8.24 Å². The second-order valence-electron chi connectivity index (χ2n) is 5.55. The molecule has 0 aliphatic rings. The molecule has 4 heteroatoms. The van der Waals surface area contributed by atoms with Gasteiger partial charge in [-0.15, -0.1) is 0 Å². The SMILES string of the molecule is C[Si](C)(C)c1ccnn1[Si](C)(C)C. The third-order valence-electron chi connectivity index (χ3n) is 2.05. The molecule has 1 aromatic heterocycles. The molecule has 0 amide bonds. The third-order valence-corrected chi connectivity index (χ3v) is 5.81. The zero-order valence-corrected chi connectivity index (χ0v) is 11.5. The van der Waals surface area contributed by atoms with Crippen LogP contribution in [0.15, 0.2) is 12.3 Å². The molecule has 0 aliphatic heterocycles. The summed E-state index contributed by atoms with van der Waals surface area (Å²) in [5.74, 6) is 0. The minimum absolute atomic E-state index is 1.20. The average molecular weight is 212 g/mol. The van der Waals surface area contributed by atoms with Gasteiger partial charge in [-0.1, -0.05) is 19.6 Å². The molecule has 0 spiro atoms. The lowest BCUT2D eigenvalue weighted by Gasteiger charge is -2.26. The molecule has 13 heavy (non-hydrogen) atoms. The van der Waals surface area contributed by atoms with Crippen molar-refractivity contribution in [3.63, 3.8) is 0 Å². The molecule has 0 fully saturated rings. The van der Waals surface area contributed by atoms with Crippen LogP contribution in [0.4, 0.5) is 0 Å². The summed E-state index contributed by atoms with van der Waals surface area (Å²) in [5.41, 5.74) is 0. The van der Waals surface area contributed by atoms with Gasteiger partial charge in [0.2, 0.25) is 0 Å². The Balaban J connectivity index is 3.19. The molecule has 0 radical (unpaired) electrons. The van der Waals surface area contributed by atoms with Gasteiger partial charge in [-0.25, -0.2) is 0 Å². The molecule has 1 rings (SSSR count). The number of hydrogen-bond donors (Lipinski definition) is 0. The van der Waals surface area contributed by atoms with Crippen LogP contribution >= 0.6 is 0 Å². The monoisotopic (exact) mass is 212 g/mol. The first-order chi connectivity index (χ1) is 5.73. The smallest absolute Gasteiger partial charge is 0.175 e. The standard InChI is InChI=1S/C9H20N2Si2/c1-12(2,3)9-7-8-10-11(9)13(4,5)6/h7-8H,1-6H3. The Kier molecular flexibility index (Phi) is 2.55. The van der Waals surface area contributed by atoms with E-state index in [-0.39, 0.29) is 0 Å². The zero-order chi connectivity index (χ0) is 10.3. The van der Waals surface area contributed by atoms with Crippen molar-refractivity contribution in [2.45, 2.75) is 39.3 Å². The van der Waals surface area contributed by atoms with Gasteiger partial charge in [0.25, 0.3) is 0 Å². The fraction of sp³-hybridized carbons (Fsp3) is 0.667. The first-order valence-electron chi connectivity index (χ1n) is 4.78. The zero-order valence-electron chi connectivity index (χ0n) is 9.55. The minimum Gasteiger partial charge on any atom is -0.303 e. The summed E-state index contributed by atoms with van der Waals surface area (Å²) in [6.45, 7) is 14.1. The van der Waals surface area contributed by atoms with E-state index in [4.69, 9.17) is 0 Å². The quantitative estimate of drug-likeness (QED) is 0.687. The van der Waals surface area contributed by atoms with Crippen molar-refractivity contribution >= 4 is 21.6 Å². The molecule has 0 atom stereocenters. The maximum Gasteiger partial charge on any atom is 0.175 e. The van der Waals surface area contributed by atoms with Crippen molar-refractivity contribution in [2.75, 3.05) is 0 Å². The first kappa shape index (κ1) is 10.7. The summed E-state index contributed by atoms with van der Waals surface area (Å²) < 4.78 is 2.30. The van der Waals surface area contributed by atoms with Crippen molar-refractivity contribution in [3.8, 4) is 0 Å². The van der Waals surface area contributed by atoms with Crippen LogP contribution in [0, 0.1) is 0 Å². The van der Waals surface area contributed by atoms with E-state index < -0.39 is 16.3 Å². The summed E-state index contributed by atoms with van der Waals surface area (Å²) >= 11 is 0. The van der Waals surface area contributed by atoms with Gasteiger partial charge in [-0.3, -0.25) is 0 Å². The fourth-order valence-corrected chi connectivity index (χ4v) is 5.90. The molecular weight excluding hydrogens is 192 g/mol. The van der Waals surface area contributed by atoms with Crippen molar-refractivity contribution in [1.29, 1.82) is 0 Å². The molecule has 0 saturated carbocycles. The van der Waals surface area contributed by atoms with Crippen LogP contribution in [-0.2, 0) is 0 Å².